The summed E-state index contributed by atoms with van der Waals surface area (Å²) in [6.45, 7) is 6.76. The molecule has 1 aromatic carbocycles. The number of halogens is 2. The zero-order valence-corrected chi connectivity index (χ0v) is 19.3. The summed E-state index contributed by atoms with van der Waals surface area (Å²) in [5.74, 6) is -1.05. The maximum Gasteiger partial charge on any atom is 0.409 e. The normalized spacial score (nSPS) is 22.1. The van der Waals surface area contributed by atoms with Gasteiger partial charge < -0.3 is 19.6 Å². The molecule has 1 aromatic heterocycles. The van der Waals surface area contributed by atoms with Crippen molar-refractivity contribution in [2.45, 2.75) is 32.2 Å². The topological polar surface area (TPSA) is 69.1 Å². The number of likely N-dealkylation sites (tertiary alicyclic amines) is 1. The summed E-state index contributed by atoms with van der Waals surface area (Å²) in [6, 6.07) is 5.66. The number of pyridine rings is 1. The van der Waals surface area contributed by atoms with Crippen molar-refractivity contribution >= 4 is 11.8 Å². The second-order valence-corrected chi connectivity index (χ2v) is 9.66. The molecule has 1 N–H and O–H groups in total. The molecule has 3 aliphatic rings. The molecule has 3 fully saturated rings. The number of aromatic nitrogens is 1. The Morgan fingerprint density at radius 1 is 1.21 bits per heavy atom. The van der Waals surface area contributed by atoms with Crippen LogP contribution in [-0.4, -0.2) is 77.9 Å². The van der Waals surface area contributed by atoms with E-state index in [0.717, 1.165) is 51.6 Å². The summed E-state index contributed by atoms with van der Waals surface area (Å²) >= 11 is 0. The summed E-state index contributed by atoms with van der Waals surface area (Å²) in [7, 11) is 0. The lowest BCUT2D eigenvalue weighted by molar-refractivity contribution is -0.00294. The van der Waals surface area contributed by atoms with Gasteiger partial charge in [-0.15, -0.1) is 0 Å². The molecule has 7 nitrogen and oxygen atoms in total. The molecule has 5 rings (SSSR count). The third kappa shape index (κ3) is 4.29. The molecular weight excluding hydrogens is 442 g/mol. The number of ether oxygens (including phenoxy) is 1. The van der Waals surface area contributed by atoms with Crippen molar-refractivity contribution in [2.75, 3.05) is 50.8 Å². The molecule has 0 radical (unpaired) electrons. The first-order chi connectivity index (χ1) is 16.4. The van der Waals surface area contributed by atoms with E-state index in [1.807, 2.05) is 11.8 Å². The predicted molar refractivity (Wildman–Crippen MR) is 124 cm³/mol. The molecule has 1 atom stereocenters. The monoisotopic (exact) mass is 472 g/mol. The molecule has 0 bridgehead atoms. The van der Waals surface area contributed by atoms with E-state index in [1.165, 1.54) is 24.3 Å². The van der Waals surface area contributed by atoms with Gasteiger partial charge in [-0.05, 0) is 44.4 Å². The fraction of sp³-hybridized carbons (Fsp3) is 0.520. The van der Waals surface area contributed by atoms with E-state index in [-0.39, 0.29) is 22.8 Å². The van der Waals surface area contributed by atoms with Crippen molar-refractivity contribution in [2.24, 2.45) is 5.41 Å². The minimum Gasteiger partial charge on any atom is -0.508 e. The zero-order chi connectivity index (χ0) is 23.9. The molecule has 9 heteroatoms. The number of anilines is 1. The van der Waals surface area contributed by atoms with Gasteiger partial charge >= 0.3 is 6.09 Å². The first-order valence-electron chi connectivity index (χ1n) is 11.9. The standard InChI is InChI=1S/C25H30F2N4O3/c1-2-34-24(33)31-15-25(16-31)6-5-18(13-25)29-7-9-30(10-8-29)22-11-17(26)14-28-23(22)20-12-19(32)3-4-21(20)27/h3-4,11-12,14,18,32H,2,5-10,13,15-16H2,1H3/t18-/m1/s1. The molecule has 2 aliphatic heterocycles. The van der Waals surface area contributed by atoms with Crippen molar-refractivity contribution in [3.05, 3.63) is 42.1 Å². The Morgan fingerprint density at radius 3 is 2.71 bits per heavy atom. The summed E-state index contributed by atoms with van der Waals surface area (Å²) in [6.07, 6.45) is 4.16. The molecule has 0 unspecified atom stereocenters. The third-order valence-electron chi connectivity index (χ3n) is 7.47. The molecular formula is C25H30F2N4O3. The molecule has 1 aliphatic carbocycles. The number of hydrogen-bond acceptors (Lipinski definition) is 6. The SMILES string of the molecule is CCOC(=O)N1CC2(CC[C@@H](N3CCN(c4cc(F)cnc4-c4cc(O)ccc4F)CC3)C2)C1. The Balaban J connectivity index is 1.23. The Bertz CT molecular complexity index is 1070. The second kappa shape index (κ2) is 9.02. The first-order valence-corrected chi connectivity index (χ1v) is 11.9. The minimum absolute atomic E-state index is 0.0639. The lowest BCUT2D eigenvalue weighted by atomic mass is 9.78. The van der Waals surface area contributed by atoms with Gasteiger partial charge in [-0.25, -0.2) is 13.6 Å². The number of phenolic OH excluding ortho intramolecular Hbond substituents is 1. The largest absolute Gasteiger partial charge is 0.508 e. The van der Waals surface area contributed by atoms with Crippen molar-refractivity contribution in [1.29, 1.82) is 0 Å². The number of piperazine rings is 1. The predicted octanol–water partition coefficient (Wildman–Crippen LogP) is 3.87. The van der Waals surface area contributed by atoms with Gasteiger partial charge in [0.2, 0.25) is 0 Å². The van der Waals surface area contributed by atoms with E-state index in [2.05, 4.69) is 9.88 Å². The van der Waals surface area contributed by atoms with E-state index in [4.69, 9.17) is 4.74 Å². The Labute approximate surface area is 197 Å². The third-order valence-corrected chi connectivity index (χ3v) is 7.47. The van der Waals surface area contributed by atoms with E-state index in [0.29, 0.717) is 37.1 Å². The highest BCUT2D eigenvalue weighted by atomic mass is 19.1. The number of carbonyl (C=O) groups excluding carboxylic acids is 1. The van der Waals surface area contributed by atoms with Crippen molar-refractivity contribution in [3.63, 3.8) is 0 Å². The molecule has 2 aromatic rings. The van der Waals surface area contributed by atoms with Gasteiger partial charge in [0.1, 0.15) is 17.4 Å². The molecule has 3 heterocycles. The van der Waals surface area contributed by atoms with Crippen LogP contribution >= 0.6 is 0 Å². The van der Waals surface area contributed by atoms with E-state index < -0.39 is 11.6 Å². The lowest BCUT2D eigenvalue weighted by Crippen LogP contribution is -2.58. The van der Waals surface area contributed by atoms with E-state index >= 15 is 0 Å². The van der Waals surface area contributed by atoms with Gasteiger partial charge in [-0.2, -0.15) is 0 Å². The van der Waals surface area contributed by atoms with Crippen LogP contribution < -0.4 is 4.90 Å². The fourth-order valence-corrected chi connectivity index (χ4v) is 5.78. The fourth-order valence-electron chi connectivity index (χ4n) is 5.78. The number of carbonyl (C=O) groups is 1. The van der Waals surface area contributed by atoms with Gasteiger partial charge in [0.05, 0.1) is 24.2 Å². The number of hydrogen-bond donors (Lipinski definition) is 1. The quantitative estimate of drug-likeness (QED) is 0.729. The number of amides is 1. The second-order valence-electron chi connectivity index (χ2n) is 9.66. The van der Waals surface area contributed by atoms with Crippen LogP contribution in [0.2, 0.25) is 0 Å². The van der Waals surface area contributed by atoms with Gasteiger partial charge in [0.15, 0.2) is 0 Å². The Kier molecular flexibility index (Phi) is 6.06. The van der Waals surface area contributed by atoms with Gasteiger partial charge in [0, 0.05) is 62.4 Å². The maximum atomic E-state index is 14.5. The van der Waals surface area contributed by atoms with Crippen molar-refractivity contribution < 1.29 is 23.4 Å². The summed E-state index contributed by atoms with van der Waals surface area (Å²) in [5, 5.41) is 9.83. The Morgan fingerprint density at radius 2 is 1.97 bits per heavy atom. The van der Waals surface area contributed by atoms with Crippen LogP contribution in [-0.2, 0) is 4.74 Å². The van der Waals surface area contributed by atoms with Gasteiger partial charge in [-0.1, -0.05) is 0 Å². The summed E-state index contributed by atoms with van der Waals surface area (Å²) in [5.41, 5.74) is 1.24. The first kappa shape index (κ1) is 22.8. The van der Waals surface area contributed by atoms with Gasteiger partial charge in [0.25, 0.3) is 0 Å². The molecule has 1 spiro atoms. The highest BCUT2D eigenvalue weighted by molar-refractivity contribution is 5.76. The lowest BCUT2D eigenvalue weighted by Gasteiger charge is -2.48. The van der Waals surface area contributed by atoms with Crippen LogP contribution in [0.5, 0.6) is 5.75 Å². The van der Waals surface area contributed by atoms with Crippen molar-refractivity contribution in [3.8, 4) is 17.0 Å². The average molecular weight is 473 g/mol. The molecule has 34 heavy (non-hydrogen) atoms. The van der Waals surface area contributed by atoms with Crippen LogP contribution in [0.4, 0.5) is 19.3 Å². The summed E-state index contributed by atoms with van der Waals surface area (Å²) < 4.78 is 33.7. The molecule has 1 amide bonds. The number of aromatic hydroxyl groups is 1. The number of nitrogens with zero attached hydrogens (tertiary/aromatic N) is 4. The van der Waals surface area contributed by atoms with E-state index in [9.17, 15) is 18.7 Å². The van der Waals surface area contributed by atoms with Crippen LogP contribution in [0.1, 0.15) is 26.2 Å². The summed E-state index contributed by atoms with van der Waals surface area (Å²) in [4.78, 5) is 22.4. The minimum atomic E-state index is -0.509. The smallest absolute Gasteiger partial charge is 0.409 e. The number of benzene rings is 1. The average Bonchev–Trinajstić information content (AvgIpc) is 3.26. The zero-order valence-electron chi connectivity index (χ0n) is 19.3. The van der Waals surface area contributed by atoms with Crippen LogP contribution in [0, 0.1) is 17.0 Å². The highest BCUT2D eigenvalue weighted by Gasteiger charge is 2.51. The Hall–Kier alpha value is -2.94. The van der Waals surface area contributed by atoms with Crippen LogP contribution in [0.15, 0.2) is 30.5 Å². The van der Waals surface area contributed by atoms with E-state index in [1.54, 1.807) is 4.90 Å². The molecule has 1 saturated carbocycles. The highest BCUT2D eigenvalue weighted by Crippen LogP contribution is 2.47. The van der Waals surface area contributed by atoms with Crippen molar-refractivity contribution in [1.82, 2.24) is 14.8 Å². The van der Waals surface area contributed by atoms with Gasteiger partial charge in [-0.3, -0.25) is 9.88 Å². The van der Waals surface area contributed by atoms with Crippen LogP contribution in [0.25, 0.3) is 11.3 Å². The number of phenols is 1. The molecule has 182 valence electrons. The van der Waals surface area contributed by atoms with Crippen LogP contribution in [0.3, 0.4) is 0 Å². The molecule has 2 saturated heterocycles. The number of rotatable bonds is 4. The maximum absolute atomic E-state index is 14.5.